The first-order valence-electron chi connectivity index (χ1n) is 6.55. The van der Waals surface area contributed by atoms with Gasteiger partial charge in [-0.3, -0.25) is 9.98 Å². The summed E-state index contributed by atoms with van der Waals surface area (Å²) in [5.41, 5.74) is 9.68. The molecule has 21 heavy (non-hydrogen) atoms. The predicted molar refractivity (Wildman–Crippen MR) is 81.4 cm³/mol. The summed E-state index contributed by atoms with van der Waals surface area (Å²) in [7, 11) is 0. The number of aryl methyl sites for hydroxylation is 1. The Morgan fingerprint density at radius 2 is 1.86 bits per heavy atom. The van der Waals surface area contributed by atoms with Gasteiger partial charge in [0.25, 0.3) is 0 Å². The van der Waals surface area contributed by atoms with Gasteiger partial charge in [0.2, 0.25) is 0 Å². The fraction of sp³-hybridized carbons (Fsp3) is 0.125. The van der Waals surface area contributed by atoms with Crippen LogP contribution in [0.15, 0.2) is 41.7 Å². The second-order valence-electron chi connectivity index (χ2n) is 4.95. The van der Waals surface area contributed by atoms with E-state index in [1.165, 1.54) is 0 Å². The molecule has 0 bridgehead atoms. The van der Waals surface area contributed by atoms with E-state index in [-0.39, 0.29) is 11.5 Å². The molecule has 2 heterocycles. The molecular formula is C16H15N3O2. The molecule has 0 saturated heterocycles. The van der Waals surface area contributed by atoms with Gasteiger partial charge in [0.15, 0.2) is 0 Å². The summed E-state index contributed by atoms with van der Waals surface area (Å²) in [6, 6.07) is 4.97. The lowest BCUT2D eigenvalue weighted by Gasteiger charge is -2.13. The molecule has 0 atom stereocenters. The van der Waals surface area contributed by atoms with E-state index in [0.29, 0.717) is 23.5 Å². The van der Waals surface area contributed by atoms with E-state index in [1.807, 2.05) is 0 Å². The van der Waals surface area contributed by atoms with Crippen molar-refractivity contribution in [1.82, 2.24) is 4.98 Å². The van der Waals surface area contributed by atoms with Crippen molar-refractivity contribution in [2.75, 3.05) is 6.54 Å². The summed E-state index contributed by atoms with van der Waals surface area (Å²) in [6.07, 6.45) is 5.08. The van der Waals surface area contributed by atoms with E-state index < -0.39 is 0 Å². The van der Waals surface area contributed by atoms with Gasteiger partial charge in [-0.2, -0.15) is 0 Å². The van der Waals surface area contributed by atoms with Crippen LogP contribution in [0.5, 0.6) is 11.5 Å². The van der Waals surface area contributed by atoms with Gasteiger partial charge < -0.3 is 15.9 Å². The first-order chi connectivity index (χ1) is 10.1. The normalized spacial score (nSPS) is 14.0. The molecule has 1 aromatic heterocycles. The number of hydrogen-bond acceptors (Lipinski definition) is 5. The average Bonchev–Trinajstić information content (AvgIpc) is 2.59. The number of aromatic nitrogens is 1. The minimum absolute atomic E-state index is 0.00511. The number of pyridine rings is 1. The summed E-state index contributed by atoms with van der Waals surface area (Å²) >= 11 is 0. The van der Waals surface area contributed by atoms with Gasteiger partial charge in [-0.25, -0.2) is 0 Å². The summed E-state index contributed by atoms with van der Waals surface area (Å²) in [5, 5.41) is 20.4. The number of hydrogen-bond donors (Lipinski definition) is 3. The molecule has 3 rings (SSSR count). The van der Waals surface area contributed by atoms with Crippen LogP contribution in [0.2, 0.25) is 0 Å². The summed E-state index contributed by atoms with van der Waals surface area (Å²) in [4.78, 5) is 8.53. The van der Waals surface area contributed by atoms with E-state index >= 15 is 0 Å². The van der Waals surface area contributed by atoms with Crippen LogP contribution in [0.1, 0.15) is 22.3 Å². The standard InChI is InChI=1S/C16H15N3O2/c1-9-6-13(20)15(14(21)7-9)16-10-2-4-18-8-11(10)12(17)3-5-19-16/h2-4,6-8,20-21H,5,17H2,1H3. The highest BCUT2D eigenvalue weighted by atomic mass is 16.3. The Labute approximate surface area is 122 Å². The molecule has 0 amide bonds. The molecule has 2 aromatic rings. The van der Waals surface area contributed by atoms with Gasteiger partial charge in [-0.15, -0.1) is 0 Å². The number of benzene rings is 1. The van der Waals surface area contributed by atoms with Crippen molar-refractivity contribution in [2.24, 2.45) is 10.7 Å². The number of phenols is 2. The smallest absolute Gasteiger partial charge is 0.128 e. The number of rotatable bonds is 1. The zero-order valence-corrected chi connectivity index (χ0v) is 11.5. The first kappa shape index (κ1) is 13.2. The van der Waals surface area contributed by atoms with Crippen molar-refractivity contribution in [3.8, 4) is 11.5 Å². The lowest BCUT2D eigenvalue weighted by Crippen LogP contribution is -2.09. The van der Waals surface area contributed by atoms with Crippen molar-refractivity contribution >= 4 is 11.4 Å². The van der Waals surface area contributed by atoms with Crippen molar-refractivity contribution in [3.05, 3.63) is 58.9 Å². The summed E-state index contributed by atoms with van der Waals surface area (Å²) in [5.74, 6) is -0.0102. The highest BCUT2D eigenvalue weighted by Crippen LogP contribution is 2.33. The van der Waals surface area contributed by atoms with Gasteiger partial charge in [0.05, 0.1) is 17.8 Å². The van der Waals surface area contributed by atoms with Crippen LogP contribution < -0.4 is 5.73 Å². The molecule has 106 valence electrons. The second-order valence-corrected chi connectivity index (χ2v) is 4.95. The first-order valence-corrected chi connectivity index (χ1v) is 6.55. The van der Waals surface area contributed by atoms with Crippen LogP contribution in [0, 0.1) is 6.92 Å². The van der Waals surface area contributed by atoms with Crippen LogP contribution in [0.3, 0.4) is 0 Å². The highest BCUT2D eigenvalue weighted by molar-refractivity contribution is 6.18. The van der Waals surface area contributed by atoms with E-state index in [0.717, 1.165) is 16.7 Å². The van der Waals surface area contributed by atoms with Crippen LogP contribution in [-0.4, -0.2) is 27.5 Å². The monoisotopic (exact) mass is 281 g/mol. The molecule has 1 aliphatic rings. The SMILES string of the molecule is Cc1cc(O)c(C2=NCC=C(N)c3cnccc32)c(O)c1. The number of aromatic hydroxyl groups is 2. The zero-order valence-electron chi connectivity index (χ0n) is 11.5. The third kappa shape index (κ3) is 2.23. The molecule has 0 unspecified atom stereocenters. The minimum Gasteiger partial charge on any atom is -0.507 e. The Balaban J connectivity index is 2.26. The molecular weight excluding hydrogens is 266 g/mol. The maximum atomic E-state index is 10.2. The fourth-order valence-corrected chi connectivity index (χ4v) is 2.47. The van der Waals surface area contributed by atoms with E-state index in [2.05, 4.69) is 9.98 Å². The number of phenolic OH excluding ortho intramolecular Hbond substituents is 2. The Morgan fingerprint density at radius 1 is 1.14 bits per heavy atom. The lowest BCUT2D eigenvalue weighted by molar-refractivity contribution is 0.448. The topological polar surface area (TPSA) is 91.7 Å². The molecule has 0 spiro atoms. The maximum Gasteiger partial charge on any atom is 0.128 e. The molecule has 0 aliphatic carbocycles. The van der Waals surface area contributed by atoms with Crippen molar-refractivity contribution in [3.63, 3.8) is 0 Å². The Kier molecular flexibility index (Phi) is 3.10. The third-order valence-corrected chi connectivity index (χ3v) is 3.43. The Hall–Kier alpha value is -2.82. The molecule has 5 heteroatoms. The van der Waals surface area contributed by atoms with Crippen molar-refractivity contribution in [1.29, 1.82) is 0 Å². The molecule has 5 nitrogen and oxygen atoms in total. The predicted octanol–water partition coefficient (Wildman–Crippen LogP) is 1.95. The zero-order chi connectivity index (χ0) is 15.0. The van der Waals surface area contributed by atoms with E-state index in [4.69, 9.17) is 5.73 Å². The third-order valence-electron chi connectivity index (χ3n) is 3.43. The second kappa shape index (κ2) is 4.94. The average molecular weight is 281 g/mol. The molecule has 0 saturated carbocycles. The quantitative estimate of drug-likeness (QED) is 0.745. The summed E-state index contributed by atoms with van der Waals surface area (Å²) < 4.78 is 0. The molecule has 1 aromatic carbocycles. The minimum atomic E-state index is -0.00511. The number of aliphatic imine (C=N–C) groups is 1. The largest absolute Gasteiger partial charge is 0.507 e. The van der Waals surface area contributed by atoms with Crippen LogP contribution in [0.25, 0.3) is 5.70 Å². The van der Waals surface area contributed by atoms with Gasteiger partial charge in [-0.1, -0.05) is 0 Å². The van der Waals surface area contributed by atoms with E-state index in [9.17, 15) is 10.2 Å². The molecule has 0 fully saturated rings. The lowest BCUT2D eigenvalue weighted by atomic mass is 9.96. The molecule has 0 radical (unpaired) electrons. The Bertz CT molecular complexity index is 756. The number of nitrogens with zero attached hydrogens (tertiary/aromatic N) is 2. The van der Waals surface area contributed by atoms with Gasteiger partial charge in [-0.05, 0) is 36.8 Å². The van der Waals surface area contributed by atoms with Crippen LogP contribution in [0.4, 0.5) is 0 Å². The van der Waals surface area contributed by atoms with Crippen LogP contribution >= 0.6 is 0 Å². The van der Waals surface area contributed by atoms with Gasteiger partial charge in [0.1, 0.15) is 11.5 Å². The Morgan fingerprint density at radius 3 is 2.57 bits per heavy atom. The van der Waals surface area contributed by atoms with Crippen molar-refractivity contribution in [2.45, 2.75) is 6.92 Å². The number of nitrogens with two attached hydrogens (primary N) is 1. The van der Waals surface area contributed by atoms with Gasteiger partial charge in [0, 0.05) is 29.2 Å². The summed E-state index contributed by atoms with van der Waals surface area (Å²) in [6.45, 7) is 2.18. The highest BCUT2D eigenvalue weighted by Gasteiger charge is 2.21. The molecule has 4 N–H and O–H groups in total. The van der Waals surface area contributed by atoms with Gasteiger partial charge >= 0.3 is 0 Å². The number of fused-ring (bicyclic) bond motifs is 1. The van der Waals surface area contributed by atoms with Crippen LogP contribution in [-0.2, 0) is 0 Å². The van der Waals surface area contributed by atoms with E-state index in [1.54, 1.807) is 43.6 Å². The van der Waals surface area contributed by atoms with Crippen molar-refractivity contribution < 1.29 is 10.2 Å². The molecule has 1 aliphatic heterocycles. The maximum absolute atomic E-state index is 10.2. The fourth-order valence-electron chi connectivity index (χ4n) is 2.47.